The Hall–Kier alpha value is -1.15. The third-order valence-electron chi connectivity index (χ3n) is 3.10. The van der Waals surface area contributed by atoms with E-state index in [9.17, 15) is 13.5 Å². The molecule has 0 aliphatic carbocycles. The lowest BCUT2D eigenvalue weighted by Gasteiger charge is -2.15. The highest BCUT2D eigenvalue weighted by atomic mass is 32.2. The van der Waals surface area contributed by atoms with Crippen LogP contribution in [0.2, 0.25) is 0 Å². The van der Waals surface area contributed by atoms with Gasteiger partial charge in [0.15, 0.2) is 0 Å². The van der Waals surface area contributed by atoms with Crippen molar-refractivity contribution < 1.29 is 18.3 Å². The molecule has 7 heteroatoms. The van der Waals surface area contributed by atoms with Gasteiger partial charge in [0.05, 0.1) is 17.6 Å². The maximum atomic E-state index is 12.1. The molecule has 0 amide bonds. The molecule has 2 rings (SSSR count). The van der Waals surface area contributed by atoms with Crippen molar-refractivity contribution in [2.45, 2.75) is 30.4 Å². The number of rotatable bonds is 5. The molecule has 0 bridgehead atoms. The molecule has 106 valence electrons. The lowest BCUT2D eigenvalue weighted by molar-refractivity contribution is 0.164. The highest BCUT2D eigenvalue weighted by molar-refractivity contribution is 7.89. The highest BCUT2D eigenvalue weighted by Gasteiger charge is 2.20. The molecule has 19 heavy (non-hydrogen) atoms. The molecule has 1 aromatic rings. The Bertz CT molecular complexity index is 557. The van der Waals surface area contributed by atoms with Gasteiger partial charge < -0.3 is 15.6 Å². The molecule has 6 nitrogen and oxygen atoms in total. The number of fused-ring (bicyclic) bond motifs is 1. The summed E-state index contributed by atoms with van der Waals surface area (Å²) in [7, 11) is -3.61. The molecule has 2 atom stereocenters. The molecule has 0 saturated carbocycles. The zero-order chi connectivity index (χ0) is 14.0. The summed E-state index contributed by atoms with van der Waals surface area (Å²) in [4.78, 5) is 0.189. The number of nitrogens with one attached hydrogen (secondary N) is 1. The van der Waals surface area contributed by atoms with Crippen molar-refractivity contribution in [2.75, 3.05) is 13.2 Å². The second kappa shape index (κ2) is 5.46. The first-order valence-electron chi connectivity index (χ1n) is 6.09. The van der Waals surface area contributed by atoms with E-state index < -0.39 is 22.2 Å². The summed E-state index contributed by atoms with van der Waals surface area (Å²) in [6.07, 6.45) is -0.0533. The van der Waals surface area contributed by atoms with E-state index in [0.29, 0.717) is 13.0 Å². The summed E-state index contributed by atoms with van der Waals surface area (Å²) >= 11 is 0. The summed E-state index contributed by atoms with van der Waals surface area (Å²) in [6.45, 7) is 2.10. The Balaban J connectivity index is 2.11. The minimum absolute atomic E-state index is 0.00636. The maximum Gasteiger partial charge on any atom is 0.240 e. The van der Waals surface area contributed by atoms with Crippen LogP contribution in [-0.2, 0) is 16.4 Å². The second-order valence-electron chi connectivity index (χ2n) is 4.62. The smallest absolute Gasteiger partial charge is 0.240 e. The fraction of sp³-hybridized carbons (Fsp3) is 0.500. The molecule has 1 heterocycles. The van der Waals surface area contributed by atoms with Gasteiger partial charge in [-0.2, -0.15) is 0 Å². The summed E-state index contributed by atoms with van der Waals surface area (Å²) in [5.74, 6) is 0.736. The van der Waals surface area contributed by atoms with Crippen molar-refractivity contribution in [1.29, 1.82) is 0 Å². The van der Waals surface area contributed by atoms with Crippen LogP contribution in [0.3, 0.4) is 0 Å². The van der Waals surface area contributed by atoms with Crippen LogP contribution in [0.1, 0.15) is 12.5 Å². The minimum atomic E-state index is -3.61. The number of ether oxygens (including phenoxy) is 1. The minimum Gasteiger partial charge on any atom is -0.493 e. The molecule has 1 aromatic carbocycles. The van der Waals surface area contributed by atoms with E-state index in [1.807, 2.05) is 0 Å². The second-order valence-corrected chi connectivity index (χ2v) is 6.39. The van der Waals surface area contributed by atoms with Crippen LogP contribution in [0, 0.1) is 0 Å². The topological polar surface area (TPSA) is 102 Å². The van der Waals surface area contributed by atoms with Crippen LogP contribution >= 0.6 is 0 Å². The summed E-state index contributed by atoms with van der Waals surface area (Å²) in [5, 5.41) is 9.24. The van der Waals surface area contributed by atoms with Crippen molar-refractivity contribution in [3.8, 4) is 5.75 Å². The lowest BCUT2D eigenvalue weighted by Crippen LogP contribution is -2.43. The average Bonchev–Trinajstić information content (AvgIpc) is 2.82. The van der Waals surface area contributed by atoms with Gasteiger partial charge in [-0.3, -0.25) is 0 Å². The number of aliphatic hydroxyl groups excluding tert-OH is 1. The molecular formula is C12H18N2O4S. The first-order valence-corrected chi connectivity index (χ1v) is 7.57. The van der Waals surface area contributed by atoms with E-state index in [0.717, 1.165) is 11.3 Å². The van der Waals surface area contributed by atoms with Crippen LogP contribution < -0.4 is 15.2 Å². The van der Waals surface area contributed by atoms with Gasteiger partial charge in [-0.25, -0.2) is 13.1 Å². The number of aliphatic hydroxyl groups is 1. The molecule has 0 radical (unpaired) electrons. The van der Waals surface area contributed by atoms with Crippen LogP contribution in [0.15, 0.2) is 23.1 Å². The van der Waals surface area contributed by atoms with Crippen LogP contribution in [0.4, 0.5) is 0 Å². The Kier molecular flexibility index (Phi) is 4.10. The fourth-order valence-electron chi connectivity index (χ4n) is 1.79. The monoisotopic (exact) mass is 286 g/mol. The Morgan fingerprint density at radius 1 is 1.53 bits per heavy atom. The van der Waals surface area contributed by atoms with Crippen molar-refractivity contribution in [3.05, 3.63) is 23.8 Å². The number of hydrogen-bond acceptors (Lipinski definition) is 5. The van der Waals surface area contributed by atoms with Crippen molar-refractivity contribution in [1.82, 2.24) is 4.72 Å². The summed E-state index contributed by atoms with van der Waals surface area (Å²) < 4.78 is 31.9. The molecule has 2 unspecified atom stereocenters. The maximum absolute atomic E-state index is 12.1. The predicted molar refractivity (Wildman–Crippen MR) is 70.5 cm³/mol. The zero-order valence-electron chi connectivity index (χ0n) is 10.7. The van der Waals surface area contributed by atoms with E-state index in [1.165, 1.54) is 13.0 Å². The van der Waals surface area contributed by atoms with Crippen molar-refractivity contribution >= 4 is 10.0 Å². The van der Waals surface area contributed by atoms with Gasteiger partial charge in [0.25, 0.3) is 0 Å². The number of hydrogen-bond donors (Lipinski definition) is 3. The van der Waals surface area contributed by atoms with Gasteiger partial charge in [-0.15, -0.1) is 0 Å². The predicted octanol–water partition coefficient (Wildman–Crippen LogP) is -0.392. The van der Waals surface area contributed by atoms with Crippen LogP contribution in [0.25, 0.3) is 0 Å². The van der Waals surface area contributed by atoms with Crippen LogP contribution in [-0.4, -0.2) is 38.8 Å². The Morgan fingerprint density at radius 3 is 2.95 bits per heavy atom. The van der Waals surface area contributed by atoms with Gasteiger partial charge in [0, 0.05) is 19.0 Å². The van der Waals surface area contributed by atoms with E-state index in [4.69, 9.17) is 10.5 Å². The average molecular weight is 286 g/mol. The van der Waals surface area contributed by atoms with Crippen molar-refractivity contribution in [3.63, 3.8) is 0 Å². The molecule has 0 spiro atoms. The van der Waals surface area contributed by atoms with Gasteiger partial charge in [0.1, 0.15) is 5.75 Å². The van der Waals surface area contributed by atoms with E-state index in [2.05, 4.69) is 4.72 Å². The van der Waals surface area contributed by atoms with E-state index in [-0.39, 0.29) is 11.4 Å². The molecular weight excluding hydrogens is 268 g/mol. The normalized spacial score (nSPS) is 17.6. The van der Waals surface area contributed by atoms with Crippen molar-refractivity contribution in [2.24, 2.45) is 5.73 Å². The largest absolute Gasteiger partial charge is 0.493 e. The Morgan fingerprint density at radius 2 is 2.26 bits per heavy atom. The van der Waals surface area contributed by atoms with E-state index >= 15 is 0 Å². The van der Waals surface area contributed by atoms with Gasteiger partial charge in [-0.05, 0) is 30.7 Å². The highest BCUT2D eigenvalue weighted by Crippen LogP contribution is 2.27. The SMILES string of the molecule is CC(O)C(N)CNS(=O)(=O)c1ccc2c(c1)CCO2. The molecule has 1 aliphatic heterocycles. The summed E-state index contributed by atoms with van der Waals surface area (Å²) in [5.41, 5.74) is 6.49. The number of benzene rings is 1. The fourth-order valence-corrected chi connectivity index (χ4v) is 2.91. The third-order valence-corrected chi connectivity index (χ3v) is 4.52. The first-order chi connectivity index (χ1) is 8.90. The number of sulfonamides is 1. The van der Waals surface area contributed by atoms with E-state index in [1.54, 1.807) is 12.1 Å². The standard InChI is InChI=1S/C12H18N2O4S/c1-8(15)11(13)7-14-19(16,17)10-2-3-12-9(6-10)4-5-18-12/h2-3,6,8,11,14-15H,4-5,7,13H2,1H3. The molecule has 0 fully saturated rings. The molecule has 0 saturated heterocycles. The number of nitrogens with two attached hydrogens (primary N) is 1. The first kappa shape index (κ1) is 14.3. The molecule has 4 N–H and O–H groups in total. The van der Waals surface area contributed by atoms with Crippen LogP contribution in [0.5, 0.6) is 5.75 Å². The van der Waals surface area contributed by atoms with Gasteiger partial charge in [0.2, 0.25) is 10.0 Å². The quantitative estimate of drug-likeness (QED) is 0.684. The molecule has 1 aliphatic rings. The zero-order valence-corrected chi connectivity index (χ0v) is 11.5. The van der Waals surface area contributed by atoms with Gasteiger partial charge >= 0.3 is 0 Å². The lowest BCUT2D eigenvalue weighted by atomic mass is 10.2. The van der Waals surface area contributed by atoms with Gasteiger partial charge in [-0.1, -0.05) is 0 Å². The molecule has 0 aromatic heterocycles. The summed E-state index contributed by atoms with van der Waals surface area (Å²) in [6, 6.07) is 4.14. The Labute approximate surface area is 112 Å². The third kappa shape index (κ3) is 3.24.